The number of rotatable bonds is 5. The van der Waals surface area contributed by atoms with Gasteiger partial charge in [-0.25, -0.2) is 4.63 Å². The Hall–Kier alpha value is -0.830. The van der Waals surface area contributed by atoms with Gasteiger partial charge in [0.05, 0.1) is 11.7 Å². The van der Waals surface area contributed by atoms with Crippen molar-refractivity contribution in [2.24, 2.45) is 5.16 Å². The predicted octanol–water partition coefficient (Wildman–Crippen LogP) is 0.668. The van der Waals surface area contributed by atoms with E-state index in [1.54, 1.807) is 0 Å². The summed E-state index contributed by atoms with van der Waals surface area (Å²) in [6.45, 7) is 2.98. The Kier molecular flexibility index (Phi) is 4.75. The molecule has 1 aromatic heterocycles. The van der Waals surface area contributed by atoms with E-state index >= 15 is 0 Å². The van der Waals surface area contributed by atoms with E-state index in [-0.39, 0.29) is 21.6 Å². The van der Waals surface area contributed by atoms with E-state index < -0.39 is 11.7 Å². The molecule has 1 heterocycles. The molecule has 9 heteroatoms. The van der Waals surface area contributed by atoms with E-state index in [0.29, 0.717) is 0 Å². The maximum Gasteiger partial charge on any atom is 0.200 e. The largest absolute Gasteiger partial charge is 0.410 e. The summed E-state index contributed by atoms with van der Waals surface area (Å²) in [6.07, 6.45) is -0.957. The fraction of sp³-hybridized carbons (Fsp3) is 0.625. The van der Waals surface area contributed by atoms with Crippen LogP contribution in [0.15, 0.2) is 14.8 Å². The molecule has 0 aliphatic carbocycles. The minimum Gasteiger partial charge on any atom is -0.410 e. The van der Waals surface area contributed by atoms with Gasteiger partial charge in [0.25, 0.3) is 0 Å². The van der Waals surface area contributed by atoms with Gasteiger partial charge >= 0.3 is 0 Å². The highest BCUT2D eigenvalue weighted by atomic mass is 35.5. The first kappa shape index (κ1) is 14.2. The van der Waals surface area contributed by atoms with Gasteiger partial charge in [0.2, 0.25) is 0 Å². The summed E-state index contributed by atoms with van der Waals surface area (Å²) in [4.78, 5) is 0. The first-order chi connectivity index (χ1) is 7.86. The maximum absolute atomic E-state index is 9.61. The van der Waals surface area contributed by atoms with E-state index in [2.05, 4.69) is 20.1 Å². The molecule has 1 rings (SSSR count). The highest BCUT2D eigenvalue weighted by Crippen LogP contribution is 2.24. The van der Waals surface area contributed by atoms with Crippen LogP contribution < -0.4 is 0 Å². The predicted molar refractivity (Wildman–Crippen MR) is 61.5 cm³/mol. The second kappa shape index (κ2) is 5.67. The van der Waals surface area contributed by atoms with Crippen molar-refractivity contribution in [1.29, 1.82) is 0 Å². The summed E-state index contributed by atoms with van der Waals surface area (Å²) in [7, 11) is 0. The Labute approximate surface area is 106 Å². The Morgan fingerprint density at radius 2 is 2.24 bits per heavy atom. The average Bonchev–Trinajstić information content (AvgIpc) is 2.71. The third kappa shape index (κ3) is 3.84. The molecule has 3 N–H and O–H groups in total. The molecule has 0 spiro atoms. The van der Waals surface area contributed by atoms with Crippen LogP contribution in [-0.4, -0.2) is 48.4 Å². The van der Waals surface area contributed by atoms with Gasteiger partial charge in [-0.3, -0.25) is 0 Å². The summed E-state index contributed by atoms with van der Waals surface area (Å²) < 4.78 is 4.45. The molecule has 0 amide bonds. The zero-order valence-corrected chi connectivity index (χ0v) is 10.7. The molecule has 0 aliphatic rings. The van der Waals surface area contributed by atoms with E-state index in [0.717, 1.165) is 11.8 Å². The Bertz CT molecular complexity index is 404. The summed E-state index contributed by atoms with van der Waals surface area (Å²) in [6, 6.07) is 0. The Morgan fingerprint density at radius 1 is 1.59 bits per heavy atom. The summed E-state index contributed by atoms with van der Waals surface area (Å²) in [5, 5.41) is 37.4. The topological polar surface area (TPSA) is 112 Å². The monoisotopic (exact) mass is 281 g/mol. The van der Waals surface area contributed by atoms with E-state index in [1.807, 2.05) is 0 Å². The highest BCUT2D eigenvalue weighted by Gasteiger charge is 2.26. The number of oxime groups is 1. The van der Waals surface area contributed by atoms with Gasteiger partial charge < -0.3 is 15.4 Å². The van der Waals surface area contributed by atoms with Crippen LogP contribution >= 0.6 is 23.4 Å². The minimum absolute atomic E-state index is 0.0853. The molecule has 1 atom stereocenters. The molecule has 0 bridgehead atoms. The van der Waals surface area contributed by atoms with Crippen LogP contribution in [0.3, 0.4) is 0 Å². The van der Waals surface area contributed by atoms with Gasteiger partial charge in [-0.2, -0.15) is 0 Å². The number of aliphatic hydroxyl groups is 2. The van der Waals surface area contributed by atoms with Gasteiger partial charge in [0, 0.05) is 5.75 Å². The summed E-state index contributed by atoms with van der Waals surface area (Å²) >= 11 is 6.63. The van der Waals surface area contributed by atoms with Crippen molar-refractivity contribution in [2.45, 2.75) is 30.6 Å². The molecule has 0 fully saturated rings. The van der Waals surface area contributed by atoms with Crippen molar-refractivity contribution in [3.63, 3.8) is 0 Å². The normalized spacial score (nSPS) is 15.0. The summed E-state index contributed by atoms with van der Waals surface area (Å²) in [5.74, 6) is 0.167. The van der Waals surface area contributed by atoms with E-state index in [1.165, 1.54) is 13.8 Å². The number of hydrogen-bond acceptors (Lipinski definition) is 8. The van der Waals surface area contributed by atoms with Crippen molar-refractivity contribution < 1.29 is 20.0 Å². The molecule has 0 saturated carbocycles. The Morgan fingerprint density at radius 3 is 2.76 bits per heavy atom. The highest BCUT2D eigenvalue weighted by molar-refractivity contribution is 7.99. The van der Waals surface area contributed by atoms with Crippen molar-refractivity contribution in [3.05, 3.63) is 5.69 Å². The van der Waals surface area contributed by atoms with Crippen molar-refractivity contribution >= 4 is 28.5 Å². The van der Waals surface area contributed by atoms with Crippen LogP contribution in [0, 0.1) is 0 Å². The first-order valence-electron chi connectivity index (χ1n) is 4.60. The molecule has 7 nitrogen and oxygen atoms in total. The van der Waals surface area contributed by atoms with Crippen molar-refractivity contribution in [2.75, 3.05) is 5.75 Å². The van der Waals surface area contributed by atoms with Crippen LogP contribution in [0.2, 0.25) is 0 Å². The lowest BCUT2D eigenvalue weighted by Gasteiger charge is -2.23. The number of nitrogens with zero attached hydrogens (tertiary/aromatic N) is 3. The second-order valence-corrected chi connectivity index (χ2v) is 5.16. The molecule has 0 aromatic carbocycles. The molecule has 1 unspecified atom stereocenters. The van der Waals surface area contributed by atoms with Gasteiger partial charge in [-0.05, 0) is 24.2 Å². The van der Waals surface area contributed by atoms with Crippen LogP contribution in [-0.2, 0) is 0 Å². The average molecular weight is 282 g/mol. The quantitative estimate of drug-likeness (QED) is 0.315. The van der Waals surface area contributed by atoms with Crippen molar-refractivity contribution in [1.82, 2.24) is 10.3 Å². The van der Waals surface area contributed by atoms with Crippen LogP contribution in [0.1, 0.15) is 19.5 Å². The standard InChI is InChI=1S/C8H12ClN3O4S/c1-8(2,14)4(13)3-17-7-5(6(9)10-15)11-16-12-7/h4,13-15H,3H2,1-2H3. The second-order valence-electron chi connectivity index (χ2n) is 3.79. The van der Waals surface area contributed by atoms with Crippen LogP contribution in [0.25, 0.3) is 0 Å². The molecule has 0 saturated heterocycles. The fourth-order valence-electron chi connectivity index (χ4n) is 0.810. The molecular weight excluding hydrogens is 270 g/mol. The zero-order valence-electron chi connectivity index (χ0n) is 9.16. The number of halogens is 1. The summed E-state index contributed by atoms with van der Waals surface area (Å²) in [5.41, 5.74) is -1.14. The molecule has 1 aromatic rings. The third-order valence-electron chi connectivity index (χ3n) is 1.94. The zero-order chi connectivity index (χ0) is 13.1. The molecule has 96 valence electrons. The lowest BCUT2D eigenvalue weighted by molar-refractivity contribution is -0.0350. The number of aromatic nitrogens is 2. The van der Waals surface area contributed by atoms with Crippen LogP contribution in [0.4, 0.5) is 0 Å². The van der Waals surface area contributed by atoms with Crippen molar-refractivity contribution in [3.8, 4) is 0 Å². The van der Waals surface area contributed by atoms with E-state index in [4.69, 9.17) is 16.8 Å². The number of thioether (sulfide) groups is 1. The molecular formula is C8H12ClN3O4S. The van der Waals surface area contributed by atoms with Gasteiger partial charge in [-0.1, -0.05) is 28.5 Å². The smallest absolute Gasteiger partial charge is 0.200 e. The number of hydrogen-bond donors (Lipinski definition) is 3. The Balaban J connectivity index is 2.68. The maximum atomic E-state index is 9.61. The van der Waals surface area contributed by atoms with E-state index in [9.17, 15) is 10.2 Å². The number of aliphatic hydroxyl groups excluding tert-OH is 1. The molecule has 0 radical (unpaired) electrons. The molecule has 0 aliphatic heterocycles. The third-order valence-corrected chi connectivity index (χ3v) is 3.21. The minimum atomic E-state index is -1.22. The van der Waals surface area contributed by atoms with Gasteiger partial charge in [-0.15, -0.1) is 0 Å². The van der Waals surface area contributed by atoms with Crippen LogP contribution in [0.5, 0.6) is 0 Å². The van der Waals surface area contributed by atoms with Gasteiger partial charge in [0.15, 0.2) is 15.9 Å². The fourth-order valence-corrected chi connectivity index (χ4v) is 2.07. The van der Waals surface area contributed by atoms with Gasteiger partial charge in [0.1, 0.15) is 0 Å². The molecule has 17 heavy (non-hydrogen) atoms. The SMILES string of the molecule is CC(C)(O)C(O)CSc1nonc1C(Cl)=NO. The first-order valence-corrected chi connectivity index (χ1v) is 5.96. The lowest BCUT2D eigenvalue weighted by atomic mass is 10.0. The lowest BCUT2D eigenvalue weighted by Crippen LogP contribution is -2.37.